The molecule has 7 heteroatoms. The lowest BCUT2D eigenvalue weighted by Crippen LogP contribution is -2.09. The van der Waals surface area contributed by atoms with Crippen LogP contribution in [0.4, 0.5) is 0 Å². The van der Waals surface area contributed by atoms with Crippen LogP contribution in [0.2, 0.25) is 0 Å². The summed E-state index contributed by atoms with van der Waals surface area (Å²) in [5.74, 6) is 0.0563. The molecule has 3 aromatic rings. The molecular weight excluding hydrogens is 644 g/mol. The van der Waals surface area contributed by atoms with Gasteiger partial charge >= 0.3 is 11.9 Å². The van der Waals surface area contributed by atoms with Crippen molar-refractivity contribution >= 4 is 69.1 Å². The molecule has 0 aromatic heterocycles. The van der Waals surface area contributed by atoms with Crippen LogP contribution in [0.1, 0.15) is 30.9 Å². The van der Waals surface area contributed by atoms with Gasteiger partial charge in [-0.15, -0.1) is 0 Å². The van der Waals surface area contributed by atoms with E-state index in [9.17, 15) is 9.59 Å². The number of cyclic esters (lactones) is 1. The second-order valence-corrected chi connectivity index (χ2v) is 9.64. The highest BCUT2D eigenvalue weighted by Crippen LogP contribution is 2.31. The van der Waals surface area contributed by atoms with Crippen LogP contribution in [0.3, 0.4) is 0 Å². The van der Waals surface area contributed by atoms with Gasteiger partial charge in [-0.25, -0.2) is 9.79 Å². The second kappa shape index (κ2) is 10.6. The summed E-state index contributed by atoms with van der Waals surface area (Å²) in [5.41, 5.74) is 3.91. The molecule has 0 spiro atoms. The minimum atomic E-state index is -0.499. The molecular formula is C26H19I2NO4. The topological polar surface area (TPSA) is 65.0 Å². The van der Waals surface area contributed by atoms with Crippen LogP contribution < -0.4 is 4.74 Å². The van der Waals surface area contributed by atoms with E-state index in [-0.39, 0.29) is 17.6 Å². The summed E-state index contributed by atoms with van der Waals surface area (Å²) in [6.45, 7) is 1.93. The quantitative estimate of drug-likeness (QED) is 0.129. The number of carbonyl (C=O) groups is 2. The fourth-order valence-corrected chi connectivity index (χ4v) is 5.29. The average molecular weight is 663 g/mol. The van der Waals surface area contributed by atoms with Crippen molar-refractivity contribution in [3.63, 3.8) is 0 Å². The third-order valence-corrected chi connectivity index (χ3v) is 6.46. The molecule has 166 valence electrons. The van der Waals surface area contributed by atoms with E-state index in [1.54, 1.807) is 6.08 Å². The molecule has 0 amide bonds. The molecule has 0 aliphatic carbocycles. The van der Waals surface area contributed by atoms with Gasteiger partial charge in [0.25, 0.3) is 0 Å². The van der Waals surface area contributed by atoms with E-state index in [1.165, 1.54) is 0 Å². The van der Waals surface area contributed by atoms with E-state index in [4.69, 9.17) is 9.47 Å². The molecule has 0 N–H and O–H groups in total. The van der Waals surface area contributed by atoms with Gasteiger partial charge in [-0.05, 0) is 98.6 Å². The number of esters is 2. The highest BCUT2D eigenvalue weighted by molar-refractivity contribution is 14.1. The second-order valence-electron chi connectivity index (χ2n) is 7.32. The van der Waals surface area contributed by atoms with Crippen LogP contribution in [0.25, 0.3) is 17.2 Å². The monoisotopic (exact) mass is 663 g/mol. The van der Waals surface area contributed by atoms with Gasteiger partial charge in [0.15, 0.2) is 11.4 Å². The molecule has 0 saturated heterocycles. The minimum absolute atomic E-state index is 0.222. The lowest BCUT2D eigenvalue weighted by atomic mass is 10.0. The third-order valence-electron chi connectivity index (χ3n) is 4.85. The van der Waals surface area contributed by atoms with E-state index in [0.717, 1.165) is 35.8 Å². The van der Waals surface area contributed by atoms with Gasteiger partial charge < -0.3 is 9.47 Å². The number of benzene rings is 3. The molecule has 1 aliphatic rings. The Labute approximate surface area is 219 Å². The van der Waals surface area contributed by atoms with Gasteiger partial charge in [-0.1, -0.05) is 49.4 Å². The number of hydrogen-bond donors (Lipinski definition) is 0. The van der Waals surface area contributed by atoms with Crippen LogP contribution in [-0.2, 0) is 14.3 Å². The van der Waals surface area contributed by atoms with Crippen LogP contribution in [0, 0.1) is 7.14 Å². The summed E-state index contributed by atoms with van der Waals surface area (Å²) in [6.07, 6.45) is 2.77. The smallest absolute Gasteiger partial charge is 0.363 e. The third kappa shape index (κ3) is 5.70. The lowest BCUT2D eigenvalue weighted by molar-refractivity contribution is -0.134. The van der Waals surface area contributed by atoms with E-state index < -0.39 is 5.97 Å². The molecule has 1 heterocycles. The number of ether oxygens (including phenoxy) is 2. The molecule has 5 nitrogen and oxygen atoms in total. The Balaban J connectivity index is 1.56. The molecule has 4 rings (SSSR count). The Morgan fingerprint density at radius 1 is 0.970 bits per heavy atom. The molecule has 0 saturated carbocycles. The zero-order valence-corrected chi connectivity index (χ0v) is 22.0. The molecule has 0 fully saturated rings. The van der Waals surface area contributed by atoms with Crippen molar-refractivity contribution in [2.24, 2.45) is 4.99 Å². The Morgan fingerprint density at radius 2 is 1.58 bits per heavy atom. The zero-order valence-electron chi connectivity index (χ0n) is 17.7. The van der Waals surface area contributed by atoms with Gasteiger partial charge in [0, 0.05) is 12.0 Å². The average Bonchev–Trinajstić information content (AvgIpc) is 3.17. The maximum absolute atomic E-state index is 12.4. The summed E-state index contributed by atoms with van der Waals surface area (Å²) in [5, 5.41) is 0. The van der Waals surface area contributed by atoms with Crippen molar-refractivity contribution in [3.8, 4) is 16.9 Å². The lowest BCUT2D eigenvalue weighted by Gasteiger charge is -2.09. The molecule has 33 heavy (non-hydrogen) atoms. The first-order valence-electron chi connectivity index (χ1n) is 10.3. The Kier molecular flexibility index (Phi) is 7.59. The Hall–Kier alpha value is -2.53. The minimum Gasteiger partial charge on any atom is -0.424 e. The van der Waals surface area contributed by atoms with E-state index in [1.807, 2.05) is 73.7 Å². The summed E-state index contributed by atoms with van der Waals surface area (Å²) >= 11 is 4.25. The highest BCUT2D eigenvalue weighted by Gasteiger charge is 2.24. The van der Waals surface area contributed by atoms with Gasteiger partial charge in [-0.3, -0.25) is 4.79 Å². The Bertz CT molecular complexity index is 1240. The number of rotatable bonds is 6. The van der Waals surface area contributed by atoms with Gasteiger partial charge in [0.05, 0.1) is 7.14 Å². The number of halogens is 2. The number of aliphatic imine (C=N–C) groups is 1. The SMILES string of the molecule is CCCC(=O)Oc1c(I)cc(/C=C2\N=C(c3ccc(-c4ccccc4)cc3)OC2=O)cc1I. The molecule has 0 atom stereocenters. The summed E-state index contributed by atoms with van der Waals surface area (Å²) in [7, 11) is 0. The van der Waals surface area contributed by atoms with E-state index in [0.29, 0.717) is 12.2 Å². The van der Waals surface area contributed by atoms with Crippen LogP contribution in [-0.4, -0.2) is 17.8 Å². The standard InChI is InChI=1S/C26H19I2NO4/c1-2-6-23(30)32-24-20(27)13-16(14-21(24)28)15-22-26(31)33-25(29-22)19-11-9-18(10-12-19)17-7-4-3-5-8-17/h3-5,7-15H,2,6H2,1H3/b22-15-. The van der Waals surface area contributed by atoms with Crippen molar-refractivity contribution in [2.75, 3.05) is 0 Å². The van der Waals surface area contributed by atoms with Crippen LogP contribution in [0.15, 0.2) is 77.4 Å². The first-order valence-corrected chi connectivity index (χ1v) is 12.5. The summed E-state index contributed by atoms with van der Waals surface area (Å²) in [6, 6.07) is 21.5. The number of nitrogens with zero attached hydrogens (tertiary/aromatic N) is 1. The number of hydrogen-bond acceptors (Lipinski definition) is 5. The van der Waals surface area contributed by atoms with Gasteiger partial charge in [-0.2, -0.15) is 0 Å². The largest absolute Gasteiger partial charge is 0.424 e. The first kappa shape index (κ1) is 23.6. The molecule has 0 unspecified atom stereocenters. The van der Waals surface area contributed by atoms with Crippen molar-refractivity contribution < 1.29 is 19.1 Å². The van der Waals surface area contributed by atoms with E-state index >= 15 is 0 Å². The zero-order chi connectivity index (χ0) is 23.4. The Morgan fingerprint density at radius 3 is 2.21 bits per heavy atom. The summed E-state index contributed by atoms with van der Waals surface area (Å²) in [4.78, 5) is 28.7. The van der Waals surface area contributed by atoms with Gasteiger partial charge in [0.2, 0.25) is 5.90 Å². The van der Waals surface area contributed by atoms with Crippen LogP contribution in [0.5, 0.6) is 5.75 Å². The van der Waals surface area contributed by atoms with Crippen molar-refractivity contribution in [1.82, 2.24) is 0 Å². The fraction of sp³-hybridized carbons (Fsp3) is 0.115. The van der Waals surface area contributed by atoms with Crippen LogP contribution >= 0.6 is 45.2 Å². The predicted octanol–water partition coefficient (Wildman–Crippen LogP) is 6.61. The molecule has 3 aromatic carbocycles. The first-order chi connectivity index (χ1) is 15.9. The maximum Gasteiger partial charge on any atom is 0.363 e. The molecule has 1 aliphatic heterocycles. The fourth-order valence-electron chi connectivity index (χ4n) is 3.26. The van der Waals surface area contributed by atoms with Crippen molar-refractivity contribution in [1.29, 1.82) is 0 Å². The maximum atomic E-state index is 12.4. The molecule has 0 radical (unpaired) electrons. The predicted molar refractivity (Wildman–Crippen MR) is 145 cm³/mol. The normalized spacial score (nSPS) is 14.2. The van der Waals surface area contributed by atoms with E-state index in [2.05, 4.69) is 50.2 Å². The van der Waals surface area contributed by atoms with Crippen molar-refractivity contribution in [2.45, 2.75) is 19.8 Å². The summed E-state index contributed by atoms with van der Waals surface area (Å²) < 4.78 is 12.5. The number of carbonyl (C=O) groups excluding carboxylic acids is 2. The highest BCUT2D eigenvalue weighted by atomic mass is 127. The molecule has 0 bridgehead atoms. The van der Waals surface area contributed by atoms with Gasteiger partial charge in [0.1, 0.15) is 0 Å². The van der Waals surface area contributed by atoms with Crippen molar-refractivity contribution in [3.05, 3.63) is 90.7 Å².